The molecule has 112 valence electrons. The van der Waals surface area contributed by atoms with Gasteiger partial charge in [-0.2, -0.15) is 4.31 Å². The van der Waals surface area contributed by atoms with Crippen LogP contribution >= 0.6 is 0 Å². The van der Waals surface area contributed by atoms with Gasteiger partial charge in [0.2, 0.25) is 10.0 Å². The Morgan fingerprint density at radius 3 is 2.75 bits per heavy atom. The van der Waals surface area contributed by atoms with Crippen LogP contribution in [0.4, 0.5) is 0 Å². The molecule has 0 amide bonds. The van der Waals surface area contributed by atoms with E-state index in [0.29, 0.717) is 13.1 Å². The Kier molecular flexibility index (Phi) is 4.17. The summed E-state index contributed by atoms with van der Waals surface area (Å²) in [5, 5.41) is 9.08. The number of piperidine rings is 1. The summed E-state index contributed by atoms with van der Waals surface area (Å²) < 4.78 is 27.8. The molecule has 1 aliphatic heterocycles. The predicted octanol–water partition coefficient (Wildman–Crippen LogP) is 0.318. The maximum Gasteiger partial charge on any atom is 0.352 e. The quantitative estimate of drug-likeness (QED) is 0.833. The monoisotopic (exact) mass is 301 g/mol. The molecule has 3 N–H and O–H groups in total. The molecule has 0 radical (unpaired) electrons. The summed E-state index contributed by atoms with van der Waals surface area (Å²) >= 11 is 0. The molecular weight excluding hydrogens is 282 g/mol. The van der Waals surface area contributed by atoms with Gasteiger partial charge in [0.15, 0.2) is 0 Å². The summed E-state index contributed by atoms with van der Waals surface area (Å²) in [7, 11) is -3.67. The second kappa shape index (κ2) is 5.55. The Bertz CT molecular complexity index is 608. The Morgan fingerprint density at radius 1 is 1.55 bits per heavy atom. The molecule has 1 aromatic rings. The van der Waals surface area contributed by atoms with E-state index >= 15 is 0 Å². The molecule has 1 aromatic heterocycles. The molecule has 0 saturated carbocycles. The number of aryl methyl sites for hydroxylation is 1. The van der Waals surface area contributed by atoms with Crippen LogP contribution in [0, 0.1) is 0 Å². The van der Waals surface area contributed by atoms with Crippen molar-refractivity contribution >= 4 is 16.0 Å². The summed E-state index contributed by atoms with van der Waals surface area (Å²) in [6.07, 6.45) is 2.90. The van der Waals surface area contributed by atoms with Crippen molar-refractivity contribution in [2.24, 2.45) is 5.73 Å². The van der Waals surface area contributed by atoms with Crippen LogP contribution in [0.15, 0.2) is 17.2 Å². The maximum absolute atomic E-state index is 12.5. The zero-order chi connectivity index (χ0) is 14.9. The van der Waals surface area contributed by atoms with E-state index in [1.54, 1.807) is 6.92 Å². The van der Waals surface area contributed by atoms with Gasteiger partial charge in [0.05, 0.1) is 0 Å². The summed E-state index contributed by atoms with van der Waals surface area (Å²) in [5.41, 5.74) is 5.78. The van der Waals surface area contributed by atoms with E-state index < -0.39 is 16.0 Å². The lowest BCUT2D eigenvalue weighted by molar-refractivity contribution is 0.0685. The summed E-state index contributed by atoms with van der Waals surface area (Å²) in [5.74, 6) is -1.14. The molecule has 7 nitrogen and oxygen atoms in total. The Hall–Kier alpha value is -1.38. The van der Waals surface area contributed by atoms with Gasteiger partial charge in [-0.3, -0.25) is 0 Å². The van der Waals surface area contributed by atoms with Gasteiger partial charge in [0.1, 0.15) is 10.6 Å². The van der Waals surface area contributed by atoms with Crippen LogP contribution < -0.4 is 5.73 Å². The highest BCUT2D eigenvalue weighted by Crippen LogP contribution is 2.22. The lowest BCUT2D eigenvalue weighted by Crippen LogP contribution is -2.45. The largest absolute Gasteiger partial charge is 0.477 e. The fourth-order valence-corrected chi connectivity index (χ4v) is 3.98. The Labute approximate surface area is 118 Å². The minimum absolute atomic E-state index is 0.0193. The molecule has 1 saturated heterocycles. The second-order valence-electron chi connectivity index (χ2n) is 4.92. The van der Waals surface area contributed by atoms with Crippen LogP contribution in [0.1, 0.15) is 30.3 Å². The van der Waals surface area contributed by atoms with Crippen molar-refractivity contribution in [2.75, 3.05) is 13.1 Å². The molecule has 0 aromatic carbocycles. The molecule has 1 fully saturated rings. The standard InChI is InChI=1S/C12H19N3O4S/c1-2-14-8-10(6-11(14)12(16)17)20(18,19)15-5-3-4-9(13)7-15/h6,8-9H,2-5,7,13H2,1H3,(H,16,17). The third kappa shape index (κ3) is 2.72. The van der Waals surface area contributed by atoms with Crippen molar-refractivity contribution in [3.05, 3.63) is 18.0 Å². The van der Waals surface area contributed by atoms with Gasteiger partial charge < -0.3 is 15.4 Å². The van der Waals surface area contributed by atoms with Crippen LogP contribution in [-0.4, -0.2) is 47.5 Å². The first-order chi connectivity index (χ1) is 9.36. The zero-order valence-electron chi connectivity index (χ0n) is 11.3. The van der Waals surface area contributed by atoms with Crippen molar-refractivity contribution in [1.82, 2.24) is 8.87 Å². The van der Waals surface area contributed by atoms with E-state index in [0.717, 1.165) is 12.8 Å². The number of sulfonamides is 1. The van der Waals surface area contributed by atoms with E-state index in [1.165, 1.54) is 21.1 Å². The molecule has 20 heavy (non-hydrogen) atoms. The first-order valence-electron chi connectivity index (χ1n) is 6.55. The first kappa shape index (κ1) is 15.0. The lowest BCUT2D eigenvalue weighted by Gasteiger charge is -2.29. The fraction of sp³-hybridized carbons (Fsp3) is 0.583. The maximum atomic E-state index is 12.5. The Balaban J connectivity index is 2.36. The molecule has 1 unspecified atom stereocenters. The highest BCUT2D eigenvalue weighted by Gasteiger charge is 2.30. The van der Waals surface area contributed by atoms with Crippen LogP contribution in [0.5, 0.6) is 0 Å². The minimum Gasteiger partial charge on any atom is -0.477 e. The number of nitrogens with two attached hydrogens (primary N) is 1. The molecule has 1 atom stereocenters. The van der Waals surface area contributed by atoms with Crippen LogP contribution in [0.25, 0.3) is 0 Å². The van der Waals surface area contributed by atoms with Crippen molar-refractivity contribution < 1.29 is 18.3 Å². The molecule has 2 rings (SSSR count). The summed E-state index contributed by atoms with van der Waals surface area (Å²) in [6.45, 7) is 2.87. The number of hydrogen-bond donors (Lipinski definition) is 2. The smallest absolute Gasteiger partial charge is 0.352 e. The fourth-order valence-electron chi connectivity index (χ4n) is 2.41. The van der Waals surface area contributed by atoms with Crippen LogP contribution in [-0.2, 0) is 16.6 Å². The molecule has 0 bridgehead atoms. The molecule has 0 aliphatic carbocycles. The number of aromatic nitrogens is 1. The average molecular weight is 301 g/mol. The topological polar surface area (TPSA) is 106 Å². The summed E-state index contributed by atoms with van der Waals surface area (Å²) in [4.78, 5) is 11.1. The number of carbonyl (C=O) groups is 1. The molecule has 8 heteroatoms. The van der Waals surface area contributed by atoms with Crippen LogP contribution in [0.2, 0.25) is 0 Å². The molecular formula is C12H19N3O4S. The number of nitrogens with zero attached hydrogens (tertiary/aromatic N) is 2. The molecule has 2 heterocycles. The minimum atomic E-state index is -3.67. The first-order valence-corrected chi connectivity index (χ1v) is 7.99. The van der Waals surface area contributed by atoms with Crippen molar-refractivity contribution in [3.8, 4) is 0 Å². The van der Waals surface area contributed by atoms with Gasteiger partial charge >= 0.3 is 5.97 Å². The zero-order valence-corrected chi connectivity index (χ0v) is 12.1. The average Bonchev–Trinajstić information content (AvgIpc) is 2.83. The number of carboxylic acids is 1. The highest BCUT2D eigenvalue weighted by molar-refractivity contribution is 7.89. The van der Waals surface area contributed by atoms with E-state index in [4.69, 9.17) is 10.8 Å². The lowest BCUT2D eigenvalue weighted by atomic mass is 10.1. The van der Waals surface area contributed by atoms with Gasteiger partial charge in [-0.05, 0) is 25.8 Å². The number of hydrogen-bond acceptors (Lipinski definition) is 4. The van der Waals surface area contributed by atoms with Crippen molar-refractivity contribution in [2.45, 2.75) is 37.2 Å². The van der Waals surface area contributed by atoms with Gasteiger partial charge in [-0.25, -0.2) is 13.2 Å². The third-order valence-electron chi connectivity index (χ3n) is 3.49. The SMILES string of the molecule is CCn1cc(S(=O)(=O)N2CCCC(N)C2)cc1C(=O)O. The number of carboxylic acid groups (broad SMARTS) is 1. The van der Waals surface area contributed by atoms with E-state index in [1.807, 2.05) is 0 Å². The van der Waals surface area contributed by atoms with Gasteiger partial charge in [-0.1, -0.05) is 0 Å². The van der Waals surface area contributed by atoms with Gasteiger partial charge in [0.25, 0.3) is 0 Å². The highest BCUT2D eigenvalue weighted by atomic mass is 32.2. The van der Waals surface area contributed by atoms with E-state index in [9.17, 15) is 13.2 Å². The number of rotatable bonds is 4. The summed E-state index contributed by atoms with van der Waals surface area (Å²) in [6, 6.07) is 1.05. The van der Waals surface area contributed by atoms with Gasteiger partial charge in [0, 0.05) is 31.9 Å². The Morgan fingerprint density at radius 2 is 2.25 bits per heavy atom. The second-order valence-corrected chi connectivity index (χ2v) is 6.86. The van der Waals surface area contributed by atoms with Crippen molar-refractivity contribution in [3.63, 3.8) is 0 Å². The predicted molar refractivity (Wildman–Crippen MR) is 73.0 cm³/mol. The normalized spacial score (nSPS) is 21.0. The number of aromatic carboxylic acids is 1. The van der Waals surface area contributed by atoms with Crippen LogP contribution in [0.3, 0.4) is 0 Å². The van der Waals surface area contributed by atoms with Crippen molar-refractivity contribution in [1.29, 1.82) is 0 Å². The van der Waals surface area contributed by atoms with Gasteiger partial charge in [-0.15, -0.1) is 0 Å². The third-order valence-corrected chi connectivity index (χ3v) is 5.32. The van der Waals surface area contributed by atoms with E-state index in [-0.39, 0.29) is 23.2 Å². The molecule has 1 aliphatic rings. The molecule has 0 spiro atoms. The van der Waals surface area contributed by atoms with E-state index in [2.05, 4.69) is 0 Å².